The largest absolute Gasteiger partial charge is 0.351 e. The summed E-state index contributed by atoms with van der Waals surface area (Å²) in [4.78, 5) is 10.6. The van der Waals surface area contributed by atoms with Gasteiger partial charge in [0, 0.05) is 36.2 Å². The van der Waals surface area contributed by atoms with E-state index in [0.29, 0.717) is 19.5 Å². The van der Waals surface area contributed by atoms with Crippen LogP contribution in [0.2, 0.25) is 0 Å². The number of hydrogen-bond donors (Lipinski definition) is 0. The molecule has 0 spiro atoms. The molecule has 0 aliphatic carbocycles. The van der Waals surface area contributed by atoms with E-state index in [0.717, 1.165) is 15.9 Å². The van der Waals surface area contributed by atoms with Gasteiger partial charge >= 0.3 is 0 Å². The molecule has 2 aromatic rings. The van der Waals surface area contributed by atoms with Gasteiger partial charge in [-0.1, -0.05) is 6.07 Å². The van der Waals surface area contributed by atoms with E-state index in [9.17, 15) is 0 Å². The minimum Gasteiger partial charge on any atom is -0.351 e. The molecule has 5 heteroatoms. The summed E-state index contributed by atoms with van der Waals surface area (Å²) in [5.41, 5.74) is 1.10. The second-order valence-electron chi connectivity index (χ2n) is 4.03. The number of rotatable bonds is 5. The van der Waals surface area contributed by atoms with Gasteiger partial charge in [0.05, 0.1) is 12.5 Å². The molecule has 0 N–H and O–H groups in total. The maximum absolute atomic E-state index is 8.76. The molecule has 0 radical (unpaired) electrons. The normalized spacial score (nSPS) is 9.89. The highest BCUT2D eigenvalue weighted by Gasteiger charge is 2.08. The zero-order valence-electron chi connectivity index (χ0n) is 10.3. The second-order valence-corrected chi connectivity index (χ2v) is 4.94. The first-order valence-corrected chi connectivity index (χ1v) is 6.71. The molecule has 2 rings (SSSR count). The Hall–Kier alpha value is -1.93. The molecule has 0 aliphatic rings. The molecule has 0 saturated heterocycles. The average Bonchev–Trinajstić information content (AvgIpc) is 2.45. The van der Waals surface area contributed by atoms with Crippen LogP contribution in [0, 0.1) is 11.3 Å². The highest BCUT2D eigenvalue weighted by molar-refractivity contribution is 9.10. The predicted octanol–water partition coefficient (Wildman–Crippen LogP) is 3.16. The minimum absolute atomic E-state index is 0.470. The summed E-state index contributed by atoms with van der Waals surface area (Å²) < 4.78 is 0.942. The molecule has 0 aromatic carbocycles. The lowest BCUT2D eigenvalue weighted by atomic mass is 10.2. The molecule has 96 valence electrons. The van der Waals surface area contributed by atoms with E-state index < -0.39 is 0 Å². The van der Waals surface area contributed by atoms with Gasteiger partial charge in [-0.25, -0.2) is 4.98 Å². The summed E-state index contributed by atoms with van der Waals surface area (Å²) in [6.45, 7) is 1.35. The van der Waals surface area contributed by atoms with Crippen molar-refractivity contribution >= 4 is 21.7 Å². The number of nitrogens with zero attached hydrogens (tertiary/aromatic N) is 4. The summed E-state index contributed by atoms with van der Waals surface area (Å²) in [5.74, 6) is 0.863. The fraction of sp³-hybridized carbons (Fsp3) is 0.214. The summed E-state index contributed by atoms with van der Waals surface area (Å²) >= 11 is 3.37. The van der Waals surface area contributed by atoms with Crippen molar-refractivity contribution in [2.45, 2.75) is 13.0 Å². The van der Waals surface area contributed by atoms with Crippen LogP contribution in [-0.4, -0.2) is 16.5 Å². The third-order valence-electron chi connectivity index (χ3n) is 2.63. The molecule has 0 bridgehead atoms. The number of aromatic nitrogens is 2. The van der Waals surface area contributed by atoms with Gasteiger partial charge < -0.3 is 4.90 Å². The first-order valence-electron chi connectivity index (χ1n) is 5.92. The minimum atomic E-state index is 0.470. The molecule has 0 amide bonds. The van der Waals surface area contributed by atoms with Crippen LogP contribution in [0.1, 0.15) is 12.0 Å². The standard InChI is InChI=1S/C14H13BrN4/c15-13-4-5-14(18-10-13)19(8-2-6-16)11-12-3-1-7-17-9-12/h1,3-5,7,9-10H,2,8,11H2. The Balaban J connectivity index is 2.16. The number of halogens is 1. The first kappa shape index (κ1) is 13.5. The van der Waals surface area contributed by atoms with Gasteiger partial charge in [-0.15, -0.1) is 0 Å². The molecule has 4 nitrogen and oxygen atoms in total. The molecular weight excluding hydrogens is 304 g/mol. The summed E-state index contributed by atoms with van der Waals surface area (Å²) in [5, 5.41) is 8.76. The van der Waals surface area contributed by atoms with E-state index in [1.807, 2.05) is 30.5 Å². The Morgan fingerprint density at radius 1 is 1.26 bits per heavy atom. The Kier molecular flexibility index (Phi) is 4.87. The van der Waals surface area contributed by atoms with Crippen molar-refractivity contribution in [2.75, 3.05) is 11.4 Å². The van der Waals surface area contributed by atoms with Gasteiger partial charge in [-0.3, -0.25) is 4.98 Å². The molecule has 0 saturated carbocycles. The van der Waals surface area contributed by atoms with E-state index in [1.54, 1.807) is 12.4 Å². The number of pyridine rings is 2. The molecule has 19 heavy (non-hydrogen) atoms. The van der Waals surface area contributed by atoms with Gasteiger partial charge in [0.2, 0.25) is 0 Å². The Bertz CT molecular complexity index is 548. The fourth-order valence-electron chi connectivity index (χ4n) is 1.73. The molecule has 0 unspecified atom stereocenters. The van der Waals surface area contributed by atoms with Gasteiger partial charge in [-0.2, -0.15) is 5.26 Å². The quantitative estimate of drug-likeness (QED) is 0.850. The number of anilines is 1. The van der Waals surface area contributed by atoms with E-state index in [4.69, 9.17) is 5.26 Å². The van der Waals surface area contributed by atoms with Crippen molar-refractivity contribution in [1.29, 1.82) is 5.26 Å². The smallest absolute Gasteiger partial charge is 0.128 e. The SMILES string of the molecule is N#CCCN(Cc1cccnc1)c1ccc(Br)cn1. The van der Waals surface area contributed by atoms with Crippen molar-refractivity contribution in [3.8, 4) is 6.07 Å². The van der Waals surface area contributed by atoms with Crippen molar-refractivity contribution in [3.63, 3.8) is 0 Å². The predicted molar refractivity (Wildman–Crippen MR) is 77.5 cm³/mol. The maximum atomic E-state index is 8.76. The first-order chi connectivity index (χ1) is 9.29. The lowest BCUT2D eigenvalue weighted by Gasteiger charge is -2.22. The fourth-order valence-corrected chi connectivity index (χ4v) is 1.96. The van der Waals surface area contributed by atoms with Crippen LogP contribution in [0.4, 0.5) is 5.82 Å². The van der Waals surface area contributed by atoms with Gasteiger partial charge in [-0.05, 0) is 39.7 Å². The number of nitriles is 1. The van der Waals surface area contributed by atoms with Crippen molar-refractivity contribution < 1.29 is 0 Å². The summed E-state index contributed by atoms with van der Waals surface area (Å²) in [6.07, 6.45) is 5.81. The molecule has 0 aliphatic heterocycles. The molecule has 2 aromatic heterocycles. The van der Waals surface area contributed by atoms with Crippen molar-refractivity contribution in [1.82, 2.24) is 9.97 Å². The van der Waals surface area contributed by atoms with Crippen molar-refractivity contribution in [2.24, 2.45) is 0 Å². The third-order valence-corrected chi connectivity index (χ3v) is 3.09. The highest BCUT2D eigenvalue weighted by atomic mass is 79.9. The maximum Gasteiger partial charge on any atom is 0.128 e. The topological polar surface area (TPSA) is 52.8 Å². The third kappa shape index (κ3) is 4.04. The zero-order chi connectivity index (χ0) is 13.5. The van der Waals surface area contributed by atoms with Crippen LogP contribution < -0.4 is 4.90 Å². The molecular formula is C14H13BrN4. The Labute approximate surface area is 120 Å². The summed E-state index contributed by atoms with van der Waals surface area (Å²) in [7, 11) is 0. The average molecular weight is 317 g/mol. The molecule has 0 fully saturated rings. The van der Waals surface area contributed by atoms with Crippen LogP contribution in [0.3, 0.4) is 0 Å². The van der Waals surface area contributed by atoms with Crippen LogP contribution in [0.25, 0.3) is 0 Å². The van der Waals surface area contributed by atoms with Gasteiger partial charge in [0.25, 0.3) is 0 Å². The second kappa shape index (κ2) is 6.86. The van der Waals surface area contributed by atoms with Crippen LogP contribution in [0.15, 0.2) is 47.3 Å². The lowest BCUT2D eigenvalue weighted by molar-refractivity contribution is 0.780. The lowest BCUT2D eigenvalue weighted by Crippen LogP contribution is -2.24. The van der Waals surface area contributed by atoms with Crippen LogP contribution in [0.5, 0.6) is 0 Å². The zero-order valence-corrected chi connectivity index (χ0v) is 11.9. The molecule has 2 heterocycles. The number of hydrogen-bond acceptors (Lipinski definition) is 4. The van der Waals surface area contributed by atoms with Crippen LogP contribution in [-0.2, 0) is 6.54 Å². The van der Waals surface area contributed by atoms with Gasteiger partial charge in [0.1, 0.15) is 5.82 Å². The monoisotopic (exact) mass is 316 g/mol. The summed E-state index contributed by atoms with van der Waals surface area (Å²) in [6, 6.07) is 9.99. The van der Waals surface area contributed by atoms with E-state index >= 15 is 0 Å². The molecule has 0 atom stereocenters. The van der Waals surface area contributed by atoms with Crippen LogP contribution >= 0.6 is 15.9 Å². The van der Waals surface area contributed by atoms with E-state index in [-0.39, 0.29) is 0 Å². The van der Waals surface area contributed by atoms with E-state index in [2.05, 4.69) is 36.9 Å². The Morgan fingerprint density at radius 2 is 2.16 bits per heavy atom. The van der Waals surface area contributed by atoms with Gasteiger partial charge in [0.15, 0.2) is 0 Å². The van der Waals surface area contributed by atoms with Crippen molar-refractivity contribution in [3.05, 3.63) is 52.9 Å². The highest BCUT2D eigenvalue weighted by Crippen LogP contribution is 2.17. The Morgan fingerprint density at radius 3 is 2.79 bits per heavy atom. The van der Waals surface area contributed by atoms with E-state index in [1.165, 1.54) is 0 Å².